The molecule has 7 nitrogen and oxygen atoms in total. The van der Waals surface area contributed by atoms with Gasteiger partial charge in [-0.1, -0.05) is 29.6 Å². The molecular weight excluding hydrogens is 427 g/mol. The number of likely N-dealkylation sites (tertiary alicyclic amines) is 1. The minimum Gasteiger partial charge on any atom is -0.482 e. The standard InChI is InChI=1S/C21H24Cl2N4O3/c22-16-4-5-18(17(23)13-16)30-14-20(28)26-19-12-15(6-7-24-19)21(29)25-8-11-27-9-2-1-3-10-27/h4-7,12-13H,1-3,8-11,14H2,(H,25,29)(H,24,26,28). The molecule has 1 aliphatic heterocycles. The molecule has 0 atom stereocenters. The van der Waals surface area contributed by atoms with Gasteiger partial charge in [-0.05, 0) is 56.3 Å². The fourth-order valence-electron chi connectivity index (χ4n) is 3.17. The zero-order chi connectivity index (χ0) is 21.3. The van der Waals surface area contributed by atoms with Crippen molar-refractivity contribution < 1.29 is 14.3 Å². The van der Waals surface area contributed by atoms with Crippen LogP contribution in [-0.4, -0.2) is 54.5 Å². The van der Waals surface area contributed by atoms with Gasteiger partial charge in [0, 0.05) is 29.9 Å². The summed E-state index contributed by atoms with van der Waals surface area (Å²) in [5, 5.41) is 6.32. The molecule has 2 amide bonds. The van der Waals surface area contributed by atoms with E-state index in [1.807, 2.05) is 0 Å². The molecule has 0 spiro atoms. The van der Waals surface area contributed by atoms with Gasteiger partial charge in [0.25, 0.3) is 11.8 Å². The first-order valence-electron chi connectivity index (χ1n) is 9.85. The molecule has 30 heavy (non-hydrogen) atoms. The SMILES string of the molecule is O=C(COc1ccc(Cl)cc1Cl)Nc1cc(C(=O)NCCN2CCCCC2)ccn1. The number of aromatic nitrogens is 1. The van der Waals surface area contributed by atoms with Gasteiger partial charge >= 0.3 is 0 Å². The average Bonchev–Trinajstić information content (AvgIpc) is 2.74. The van der Waals surface area contributed by atoms with Crippen LogP contribution in [0, 0.1) is 0 Å². The highest BCUT2D eigenvalue weighted by Crippen LogP contribution is 2.27. The lowest BCUT2D eigenvalue weighted by molar-refractivity contribution is -0.118. The third-order valence-corrected chi connectivity index (χ3v) is 5.24. The number of nitrogens with zero attached hydrogens (tertiary/aromatic N) is 2. The zero-order valence-electron chi connectivity index (χ0n) is 16.5. The molecular formula is C21H24Cl2N4O3. The van der Waals surface area contributed by atoms with Crippen molar-refractivity contribution in [2.75, 3.05) is 38.1 Å². The molecule has 1 aromatic heterocycles. The Kier molecular flexibility index (Phi) is 8.30. The summed E-state index contributed by atoms with van der Waals surface area (Å²) in [5.74, 6) is 0.00534. The van der Waals surface area contributed by atoms with E-state index in [-0.39, 0.29) is 18.3 Å². The third-order valence-electron chi connectivity index (χ3n) is 4.70. The fourth-order valence-corrected chi connectivity index (χ4v) is 3.63. The van der Waals surface area contributed by atoms with Crippen molar-refractivity contribution in [1.29, 1.82) is 0 Å². The highest BCUT2D eigenvalue weighted by atomic mass is 35.5. The van der Waals surface area contributed by atoms with Crippen LogP contribution in [0.4, 0.5) is 5.82 Å². The lowest BCUT2D eigenvalue weighted by atomic mass is 10.1. The minimum absolute atomic E-state index is 0.200. The van der Waals surface area contributed by atoms with E-state index in [1.165, 1.54) is 37.6 Å². The number of benzene rings is 1. The van der Waals surface area contributed by atoms with Gasteiger partial charge in [-0.3, -0.25) is 9.59 Å². The predicted octanol–water partition coefficient (Wildman–Crippen LogP) is 3.62. The van der Waals surface area contributed by atoms with Crippen LogP contribution in [0.15, 0.2) is 36.5 Å². The van der Waals surface area contributed by atoms with Gasteiger partial charge in [0.05, 0.1) is 5.02 Å². The van der Waals surface area contributed by atoms with Gasteiger partial charge in [-0.25, -0.2) is 4.98 Å². The van der Waals surface area contributed by atoms with Crippen LogP contribution in [0.2, 0.25) is 10.0 Å². The Morgan fingerprint density at radius 2 is 1.90 bits per heavy atom. The Morgan fingerprint density at radius 3 is 2.67 bits per heavy atom. The number of anilines is 1. The number of carbonyl (C=O) groups is 2. The van der Waals surface area contributed by atoms with E-state index in [1.54, 1.807) is 18.2 Å². The molecule has 3 rings (SSSR count). The number of hydrogen-bond acceptors (Lipinski definition) is 5. The smallest absolute Gasteiger partial charge is 0.263 e. The van der Waals surface area contributed by atoms with Crippen molar-refractivity contribution in [3.63, 3.8) is 0 Å². The summed E-state index contributed by atoms with van der Waals surface area (Å²) >= 11 is 11.9. The normalized spacial score (nSPS) is 14.2. The number of carbonyl (C=O) groups excluding carboxylic acids is 2. The maximum atomic E-state index is 12.4. The maximum absolute atomic E-state index is 12.4. The Balaban J connectivity index is 1.46. The minimum atomic E-state index is -0.420. The third kappa shape index (κ3) is 6.86. The number of halogens is 2. The second-order valence-corrected chi connectivity index (χ2v) is 7.84. The average molecular weight is 451 g/mol. The molecule has 1 aromatic carbocycles. The summed E-state index contributed by atoms with van der Waals surface area (Å²) in [6.45, 7) is 3.34. The van der Waals surface area contributed by atoms with Crippen molar-refractivity contribution in [2.24, 2.45) is 0 Å². The maximum Gasteiger partial charge on any atom is 0.263 e. The number of piperidine rings is 1. The molecule has 1 saturated heterocycles. The van der Waals surface area contributed by atoms with Gasteiger partial charge in [-0.2, -0.15) is 0 Å². The molecule has 1 aliphatic rings. The summed E-state index contributed by atoms with van der Waals surface area (Å²) < 4.78 is 5.40. The molecule has 0 saturated carbocycles. The first-order valence-corrected chi connectivity index (χ1v) is 10.6. The number of nitrogens with one attached hydrogen (secondary N) is 2. The second-order valence-electron chi connectivity index (χ2n) is 7.00. The summed E-state index contributed by atoms with van der Waals surface area (Å²) in [6, 6.07) is 7.88. The van der Waals surface area contributed by atoms with E-state index in [0.717, 1.165) is 19.6 Å². The monoisotopic (exact) mass is 450 g/mol. The Labute approximate surface area is 185 Å². The van der Waals surface area contributed by atoms with Crippen LogP contribution in [0.3, 0.4) is 0 Å². The number of amides is 2. The summed E-state index contributed by atoms with van der Waals surface area (Å²) in [7, 11) is 0. The topological polar surface area (TPSA) is 83.6 Å². The number of hydrogen-bond donors (Lipinski definition) is 2. The lowest BCUT2D eigenvalue weighted by Gasteiger charge is -2.26. The molecule has 2 aromatic rings. The van der Waals surface area contributed by atoms with Gasteiger partial charge in [0.2, 0.25) is 0 Å². The molecule has 0 bridgehead atoms. The molecule has 0 unspecified atom stereocenters. The molecule has 1 fully saturated rings. The lowest BCUT2D eigenvalue weighted by Crippen LogP contribution is -2.37. The quantitative estimate of drug-likeness (QED) is 0.641. The zero-order valence-corrected chi connectivity index (χ0v) is 18.0. The van der Waals surface area contributed by atoms with Gasteiger partial charge in [0.15, 0.2) is 6.61 Å². The Morgan fingerprint density at radius 1 is 1.10 bits per heavy atom. The highest BCUT2D eigenvalue weighted by molar-refractivity contribution is 6.35. The number of pyridine rings is 1. The second kappa shape index (κ2) is 11.2. The van der Waals surface area contributed by atoms with Crippen LogP contribution < -0.4 is 15.4 Å². The van der Waals surface area contributed by atoms with Crippen LogP contribution in [0.1, 0.15) is 29.6 Å². The number of rotatable bonds is 8. The van der Waals surface area contributed by atoms with Gasteiger partial charge in [-0.15, -0.1) is 0 Å². The van der Waals surface area contributed by atoms with Crippen LogP contribution in [0.5, 0.6) is 5.75 Å². The molecule has 2 N–H and O–H groups in total. The van der Waals surface area contributed by atoms with E-state index in [0.29, 0.717) is 27.9 Å². The first kappa shape index (κ1) is 22.3. The van der Waals surface area contributed by atoms with Crippen molar-refractivity contribution in [3.8, 4) is 5.75 Å². The van der Waals surface area contributed by atoms with E-state index < -0.39 is 5.91 Å². The summed E-state index contributed by atoms with van der Waals surface area (Å²) in [5.41, 5.74) is 0.431. The largest absolute Gasteiger partial charge is 0.482 e. The molecule has 2 heterocycles. The van der Waals surface area contributed by atoms with Crippen LogP contribution >= 0.6 is 23.2 Å². The van der Waals surface area contributed by atoms with Crippen LogP contribution in [-0.2, 0) is 4.79 Å². The van der Waals surface area contributed by atoms with Gasteiger partial charge < -0.3 is 20.3 Å². The van der Waals surface area contributed by atoms with E-state index in [9.17, 15) is 9.59 Å². The Bertz CT molecular complexity index is 888. The molecule has 9 heteroatoms. The molecule has 160 valence electrons. The fraction of sp³-hybridized carbons (Fsp3) is 0.381. The summed E-state index contributed by atoms with van der Waals surface area (Å²) in [4.78, 5) is 31.0. The number of ether oxygens (including phenoxy) is 1. The Hall–Kier alpha value is -2.35. The predicted molar refractivity (Wildman–Crippen MR) is 117 cm³/mol. The van der Waals surface area contributed by atoms with Crippen molar-refractivity contribution >= 4 is 40.8 Å². The van der Waals surface area contributed by atoms with E-state index >= 15 is 0 Å². The molecule has 0 aliphatic carbocycles. The van der Waals surface area contributed by atoms with Crippen molar-refractivity contribution in [2.45, 2.75) is 19.3 Å². The van der Waals surface area contributed by atoms with Crippen LogP contribution in [0.25, 0.3) is 0 Å². The summed E-state index contributed by atoms with van der Waals surface area (Å²) in [6.07, 6.45) is 5.20. The van der Waals surface area contributed by atoms with Crippen molar-refractivity contribution in [3.05, 3.63) is 52.1 Å². The highest BCUT2D eigenvalue weighted by Gasteiger charge is 2.12. The molecule has 0 radical (unpaired) electrons. The first-order chi connectivity index (χ1) is 14.5. The van der Waals surface area contributed by atoms with E-state index in [2.05, 4.69) is 20.5 Å². The van der Waals surface area contributed by atoms with Crippen molar-refractivity contribution in [1.82, 2.24) is 15.2 Å². The van der Waals surface area contributed by atoms with Gasteiger partial charge in [0.1, 0.15) is 11.6 Å². The van der Waals surface area contributed by atoms with E-state index in [4.69, 9.17) is 27.9 Å².